The zero-order valence-corrected chi connectivity index (χ0v) is 13.9. The number of rotatable bonds is 4. The van der Waals surface area contributed by atoms with Crippen molar-refractivity contribution >= 4 is 27.4 Å². The molecule has 0 aliphatic carbocycles. The van der Waals surface area contributed by atoms with Crippen LogP contribution >= 0.6 is 11.6 Å². The van der Waals surface area contributed by atoms with Crippen molar-refractivity contribution in [1.82, 2.24) is 0 Å². The van der Waals surface area contributed by atoms with E-state index in [9.17, 15) is 31.7 Å². The first-order chi connectivity index (χ1) is 11.4. The van der Waals surface area contributed by atoms with Crippen LogP contribution in [0.3, 0.4) is 0 Å². The van der Waals surface area contributed by atoms with Crippen LogP contribution < -0.4 is 4.18 Å². The number of aryl methyl sites for hydroxylation is 1. The van der Waals surface area contributed by atoms with Crippen LogP contribution in [0.25, 0.3) is 0 Å². The van der Waals surface area contributed by atoms with Gasteiger partial charge >= 0.3 is 22.0 Å². The van der Waals surface area contributed by atoms with Crippen molar-refractivity contribution in [2.24, 2.45) is 0 Å². The predicted molar refractivity (Wildman–Crippen MR) is 82.1 cm³/mol. The SMILES string of the molecule is Cc1ccc(OS(=O)(=O)c2ccc(Cl)cc2C(F)(F)F)c([N+](=O)[O-])c1. The summed E-state index contributed by atoms with van der Waals surface area (Å²) in [6, 6.07) is 5.36. The van der Waals surface area contributed by atoms with Crippen molar-refractivity contribution in [3.8, 4) is 5.75 Å². The van der Waals surface area contributed by atoms with Crippen molar-refractivity contribution in [3.63, 3.8) is 0 Å². The third-order valence-corrected chi connectivity index (χ3v) is 4.56. The number of hydrogen-bond donors (Lipinski definition) is 0. The third kappa shape index (κ3) is 4.20. The van der Waals surface area contributed by atoms with Gasteiger partial charge in [-0.3, -0.25) is 10.1 Å². The van der Waals surface area contributed by atoms with E-state index in [1.54, 1.807) is 0 Å². The van der Waals surface area contributed by atoms with Gasteiger partial charge in [0.2, 0.25) is 5.75 Å². The summed E-state index contributed by atoms with van der Waals surface area (Å²) in [5, 5.41) is 10.7. The Bertz CT molecular complexity index is 944. The summed E-state index contributed by atoms with van der Waals surface area (Å²) in [4.78, 5) is 8.91. The van der Waals surface area contributed by atoms with Crippen molar-refractivity contribution in [2.45, 2.75) is 18.0 Å². The van der Waals surface area contributed by atoms with Crippen LogP contribution in [0, 0.1) is 17.0 Å². The summed E-state index contributed by atoms with van der Waals surface area (Å²) in [5.74, 6) is -0.696. The summed E-state index contributed by atoms with van der Waals surface area (Å²) < 4.78 is 68.3. The molecule has 0 N–H and O–H groups in total. The Morgan fingerprint density at radius 2 is 1.80 bits per heavy atom. The normalized spacial score (nSPS) is 12.0. The van der Waals surface area contributed by atoms with Gasteiger partial charge in [0.1, 0.15) is 4.90 Å². The molecule has 0 fully saturated rings. The number of alkyl halides is 3. The molecular formula is C14H9ClF3NO5S. The molecule has 2 aromatic carbocycles. The van der Waals surface area contributed by atoms with Gasteiger partial charge in [-0.05, 0) is 36.8 Å². The van der Waals surface area contributed by atoms with Crippen LogP contribution in [0.5, 0.6) is 5.75 Å². The van der Waals surface area contributed by atoms with Crippen LogP contribution in [-0.4, -0.2) is 13.3 Å². The second kappa shape index (κ2) is 6.52. The van der Waals surface area contributed by atoms with Gasteiger partial charge in [0.25, 0.3) is 0 Å². The summed E-state index contributed by atoms with van der Waals surface area (Å²) in [7, 11) is -5.00. The minimum Gasteiger partial charge on any atom is -0.372 e. The molecule has 134 valence electrons. The van der Waals surface area contributed by atoms with Gasteiger partial charge in [-0.25, -0.2) is 0 Å². The van der Waals surface area contributed by atoms with E-state index in [2.05, 4.69) is 4.18 Å². The molecule has 11 heteroatoms. The largest absolute Gasteiger partial charge is 0.417 e. The third-order valence-electron chi connectivity index (χ3n) is 3.03. The maximum absolute atomic E-state index is 13.1. The van der Waals surface area contributed by atoms with Crippen LogP contribution in [0.1, 0.15) is 11.1 Å². The van der Waals surface area contributed by atoms with Crippen LogP contribution in [-0.2, 0) is 16.3 Å². The monoisotopic (exact) mass is 395 g/mol. The lowest BCUT2D eigenvalue weighted by molar-refractivity contribution is -0.385. The highest BCUT2D eigenvalue weighted by atomic mass is 35.5. The van der Waals surface area contributed by atoms with Gasteiger partial charge in [-0.2, -0.15) is 21.6 Å². The van der Waals surface area contributed by atoms with Gasteiger partial charge in [0, 0.05) is 11.1 Å². The highest BCUT2D eigenvalue weighted by Gasteiger charge is 2.38. The Balaban J connectivity index is 2.58. The molecule has 0 saturated heterocycles. The molecule has 0 amide bonds. The topological polar surface area (TPSA) is 86.5 Å². The predicted octanol–water partition coefficient (Wildman–Crippen LogP) is 4.34. The van der Waals surface area contributed by atoms with Crippen molar-refractivity contribution in [3.05, 3.63) is 62.7 Å². The Kier molecular flexibility index (Phi) is 4.96. The first kappa shape index (κ1) is 19.0. The maximum Gasteiger partial charge on any atom is 0.417 e. The molecule has 0 atom stereocenters. The van der Waals surface area contributed by atoms with Crippen molar-refractivity contribution < 1.29 is 30.7 Å². The second-order valence-electron chi connectivity index (χ2n) is 4.90. The molecule has 0 aliphatic heterocycles. The fraction of sp³-hybridized carbons (Fsp3) is 0.143. The lowest BCUT2D eigenvalue weighted by Crippen LogP contribution is -2.17. The van der Waals surface area contributed by atoms with Crippen molar-refractivity contribution in [2.75, 3.05) is 0 Å². The Hall–Kier alpha value is -2.33. The van der Waals surface area contributed by atoms with Gasteiger partial charge in [0.05, 0.1) is 10.5 Å². The van der Waals surface area contributed by atoms with E-state index in [0.717, 1.165) is 18.2 Å². The van der Waals surface area contributed by atoms with Gasteiger partial charge in [0.15, 0.2) is 0 Å². The Morgan fingerprint density at radius 3 is 2.36 bits per heavy atom. The van der Waals surface area contributed by atoms with E-state index < -0.39 is 43.1 Å². The van der Waals surface area contributed by atoms with E-state index in [-0.39, 0.29) is 5.02 Å². The molecule has 0 saturated carbocycles. The molecule has 0 spiro atoms. The fourth-order valence-electron chi connectivity index (χ4n) is 1.95. The average Bonchev–Trinajstić information content (AvgIpc) is 2.47. The van der Waals surface area contributed by atoms with E-state index in [1.165, 1.54) is 13.0 Å². The first-order valence-corrected chi connectivity index (χ1v) is 8.27. The zero-order valence-electron chi connectivity index (χ0n) is 12.4. The number of nitro groups is 1. The summed E-state index contributed by atoms with van der Waals surface area (Å²) in [6.07, 6.45) is -5.02. The van der Waals surface area contributed by atoms with Crippen molar-refractivity contribution in [1.29, 1.82) is 0 Å². The average molecular weight is 396 g/mol. The van der Waals surface area contributed by atoms with Crippen LogP contribution in [0.15, 0.2) is 41.3 Å². The molecule has 0 heterocycles. The zero-order chi connectivity index (χ0) is 19.0. The summed E-state index contributed by atoms with van der Waals surface area (Å²) >= 11 is 5.49. The van der Waals surface area contributed by atoms with Gasteiger partial charge in [-0.1, -0.05) is 17.7 Å². The lowest BCUT2D eigenvalue weighted by atomic mass is 10.2. The number of halogens is 4. The minimum atomic E-state index is -5.02. The standard InChI is InChI=1S/C14H9ClF3NO5S/c1-8-2-4-12(11(6-8)19(20)21)24-25(22,23)13-5-3-9(15)7-10(13)14(16,17)18/h2-7H,1H3. The van der Waals surface area contributed by atoms with E-state index in [4.69, 9.17) is 11.6 Å². The Labute approximate surface area is 145 Å². The molecule has 0 radical (unpaired) electrons. The molecule has 0 aromatic heterocycles. The number of hydrogen-bond acceptors (Lipinski definition) is 5. The molecule has 25 heavy (non-hydrogen) atoms. The number of benzene rings is 2. The Morgan fingerprint density at radius 1 is 1.16 bits per heavy atom. The molecule has 6 nitrogen and oxygen atoms in total. The molecule has 2 aromatic rings. The molecular weight excluding hydrogens is 387 g/mol. The molecule has 0 aliphatic rings. The van der Waals surface area contributed by atoms with E-state index >= 15 is 0 Å². The molecule has 2 rings (SSSR count). The molecule has 0 unspecified atom stereocenters. The molecule has 0 bridgehead atoms. The smallest absolute Gasteiger partial charge is 0.372 e. The highest BCUT2D eigenvalue weighted by Crippen LogP contribution is 2.38. The van der Waals surface area contributed by atoms with E-state index in [0.29, 0.717) is 17.7 Å². The maximum atomic E-state index is 13.1. The highest BCUT2D eigenvalue weighted by molar-refractivity contribution is 7.87. The fourth-order valence-corrected chi connectivity index (χ4v) is 3.26. The quantitative estimate of drug-likeness (QED) is 0.436. The number of nitrogens with zero attached hydrogens (tertiary/aromatic N) is 1. The van der Waals surface area contributed by atoms with Gasteiger partial charge < -0.3 is 4.18 Å². The first-order valence-electron chi connectivity index (χ1n) is 6.48. The van der Waals surface area contributed by atoms with Gasteiger partial charge in [-0.15, -0.1) is 0 Å². The van der Waals surface area contributed by atoms with E-state index in [1.807, 2.05) is 0 Å². The minimum absolute atomic E-state index is 0.326. The van der Waals surface area contributed by atoms with Crippen LogP contribution in [0.4, 0.5) is 18.9 Å². The van der Waals surface area contributed by atoms with Crippen LogP contribution in [0.2, 0.25) is 5.02 Å². The lowest BCUT2D eigenvalue weighted by Gasteiger charge is -2.14. The summed E-state index contributed by atoms with van der Waals surface area (Å²) in [6.45, 7) is 1.52. The number of nitro benzene ring substituents is 1. The second-order valence-corrected chi connectivity index (χ2v) is 6.86. The summed E-state index contributed by atoms with van der Waals surface area (Å²) in [5.41, 5.74) is -1.78.